The molecule has 1 aromatic rings. The summed E-state index contributed by atoms with van der Waals surface area (Å²) >= 11 is 0. The largest absolute Gasteiger partial charge is 0.368 e. The van der Waals surface area contributed by atoms with Gasteiger partial charge in [-0.05, 0) is 37.1 Å². The molecule has 1 aliphatic heterocycles. The number of tetrazole rings is 1. The van der Waals surface area contributed by atoms with Crippen molar-refractivity contribution in [1.29, 1.82) is 0 Å². The molecule has 7 heteroatoms. The van der Waals surface area contributed by atoms with Gasteiger partial charge >= 0.3 is 0 Å². The summed E-state index contributed by atoms with van der Waals surface area (Å²) in [5, 5.41) is 14.1. The minimum atomic E-state index is -0.307. The lowest BCUT2D eigenvalue weighted by molar-refractivity contribution is -0.130. The van der Waals surface area contributed by atoms with Gasteiger partial charge in [-0.3, -0.25) is 4.79 Å². The van der Waals surface area contributed by atoms with Gasteiger partial charge in [0.2, 0.25) is 5.91 Å². The maximum atomic E-state index is 11.7. The smallest absolute Gasteiger partial charge is 0.249 e. The summed E-state index contributed by atoms with van der Waals surface area (Å²) in [6.45, 7) is 4.98. The van der Waals surface area contributed by atoms with E-state index in [-0.39, 0.29) is 18.1 Å². The second kappa shape index (κ2) is 5.22. The topological polar surface area (TPSA) is 81.9 Å². The van der Waals surface area contributed by atoms with Crippen LogP contribution in [0.15, 0.2) is 0 Å². The average Bonchev–Trinajstić information content (AvgIpc) is 2.96. The zero-order chi connectivity index (χ0) is 12.3. The van der Waals surface area contributed by atoms with Crippen LogP contribution in [0.25, 0.3) is 0 Å². The van der Waals surface area contributed by atoms with Crippen LogP contribution in [0.3, 0.4) is 0 Å². The van der Waals surface area contributed by atoms with Gasteiger partial charge in [-0.1, -0.05) is 0 Å². The van der Waals surface area contributed by atoms with Crippen molar-refractivity contribution in [1.82, 2.24) is 25.5 Å². The summed E-state index contributed by atoms with van der Waals surface area (Å²) in [5.41, 5.74) is 0. The molecule has 1 amide bonds. The Bertz CT molecular complexity index is 384. The normalized spacial score (nSPS) is 19.8. The molecule has 17 heavy (non-hydrogen) atoms. The summed E-state index contributed by atoms with van der Waals surface area (Å²) in [6.07, 6.45) is 1.43. The Kier molecular flexibility index (Phi) is 3.68. The van der Waals surface area contributed by atoms with E-state index in [0.29, 0.717) is 19.0 Å². The van der Waals surface area contributed by atoms with E-state index in [1.165, 1.54) is 0 Å². The maximum absolute atomic E-state index is 11.7. The third-order valence-electron chi connectivity index (χ3n) is 2.69. The van der Waals surface area contributed by atoms with Crippen LogP contribution in [0, 0.1) is 0 Å². The number of carbonyl (C=O) groups is 1. The number of nitrogens with one attached hydrogen (secondary N) is 1. The van der Waals surface area contributed by atoms with E-state index in [0.717, 1.165) is 12.8 Å². The van der Waals surface area contributed by atoms with Crippen LogP contribution in [0.2, 0.25) is 0 Å². The summed E-state index contributed by atoms with van der Waals surface area (Å²) in [6, 6.07) is 0.180. The van der Waals surface area contributed by atoms with Gasteiger partial charge in [-0.25, -0.2) is 4.68 Å². The molecule has 2 heterocycles. The first-order valence-corrected chi connectivity index (χ1v) is 5.84. The molecule has 0 radical (unpaired) electrons. The highest BCUT2D eigenvalue weighted by molar-refractivity contribution is 5.80. The van der Waals surface area contributed by atoms with E-state index >= 15 is 0 Å². The Labute approximate surface area is 99.5 Å². The highest BCUT2D eigenvalue weighted by Gasteiger charge is 2.23. The van der Waals surface area contributed by atoms with E-state index in [2.05, 4.69) is 20.8 Å². The van der Waals surface area contributed by atoms with Gasteiger partial charge in [0.1, 0.15) is 6.10 Å². The summed E-state index contributed by atoms with van der Waals surface area (Å²) in [5.74, 6) is 0.576. The number of nitrogens with zero attached hydrogens (tertiary/aromatic N) is 4. The first kappa shape index (κ1) is 12.0. The van der Waals surface area contributed by atoms with Crippen molar-refractivity contribution in [2.24, 2.45) is 0 Å². The van der Waals surface area contributed by atoms with E-state index in [1.807, 2.05) is 13.8 Å². The number of carbonyl (C=O) groups excluding carboxylic acids is 1. The molecule has 1 saturated heterocycles. The molecule has 0 unspecified atom stereocenters. The molecular formula is C10H17N5O2. The van der Waals surface area contributed by atoms with Crippen molar-refractivity contribution in [3.8, 4) is 0 Å². The maximum Gasteiger partial charge on any atom is 0.249 e. The van der Waals surface area contributed by atoms with E-state index < -0.39 is 0 Å². The predicted octanol–water partition coefficient (Wildman–Crippen LogP) is 0.0492. The van der Waals surface area contributed by atoms with Crippen molar-refractivity contribution in [2.75, 3.05) is 6.61 Å². The van der Waals surface area contributed by atoms with E-state index in [1.54, 1.807) is 4.68 Å². The second-order valence-electron chi connectivity index (χ2n) is 4.35. The van der Waals surface area contributed by atoms with Crippen LogP contribution in [0.1, 0.15) is 38.6 Å². The highest BCUT2D eigenvalue weighted by Crippen LogP contribution is 2.12. The molecule has 7 nitrogen and oxygen atoms in total. The Morgan fingerprint density at radius 3 is 3.12 bits per heavy atom. The third kappa shape index (κ3) is 2.79. The molecule has 0 saturated carbocycles. The van der Waals surface area contributed by atoms with Gasteiger partial charge < -0.3 is 10.1 Å². The minimum Gasteiger partial charge on any atom is -0.368 e. The fourth-order valence-corrected chi connectivity index (χ4v) is 1.79. The lowest BCUT2D eigenvalue weighted by Crippen LogP contribution is -2.34. The summed E-state index contributed by atoms with van der Waals surface area (Å²) in [4.78, 5) is 11.7. The standard InChI is InChI=1S/C10H17N5O2/c1-7(2)15-9(12-13-14-15)6-11-10(16)8-4-3-5-17-8/h7-8H,3-6H2,1-2H3,(H,11,16)/t8-/m1/s1. The number of amides is 1. The van der Waals surface area contributed by atoms with Gasteiger partial charge in [0.05, 0.1) is 12.6 Å². The Balaban J connectivity index is 1.88. The van der Waals surface area contributed by atoms with Crippen LogP contribution >= 0.6 is 0 Å². The predicted molar refractivity (Wildman–Crippen MR) is 59.0 cm³/mol. The van der Waals surface area contributed by atoms with Gasteiger partial charge in [0, 0.05) is 6.61 Å². The Hall–Kier alpha value is -1.50. The molecule has 0 aromatic carbocycles. The number of aromatic nitrogens is 4. The summed E-state index contributed by atoms with van der Waals surface area (Å²) < 4.78 is 6.98. The monoisotopic (exact) mass is 239 g/mol. The molecule has 2 rings (SSSR count). The SMILES string of the molecule is CC(C)n1nnnc1CNC(=O)[C@H]1CCCO1. The van der Waals surface area contributed by atoms with E-state index in [9.17, 15) is 4.79 Å². The number of ether oxygens (including phenoxy) is 1. The third-order valence-corrected chi connectivity index (χ3v) is 2.69. The Morgan fingerprint density at radius 1 is 1.65 bits per heavy atom. The first-order chi connectivity index (χ1) is 8.18. The van der Waals surface area contributed by atoms with Crippen molar-refractivity contribution in [3.05, 3.63) is 5.82 Å². The molecular weight excluding hydrogens is 222 g/mol. The van der Waals surface area contributed by atoms with Crippen LogP contribution in [-0.4, -0.2) is 38.8 Å². The highest BCUT2D eigenvalue weighted by atomic mass is 16.5. The van der Waals surface area contributed by atoms with Crippen molar-refractivity contribution in [2.45, 2.75) is 45.4 Å². The zero-order valence-electron chi connectivity index (χ0n) is 10.1. The average molecular weight is 239 g/mol. The fourth-order valence-electron chi connectivity index (χ4n) is 1.79. The van der Waals surface area contributed by atoms with Crippen LogP contribution in [0.4, 0.5) is 0 Å². The zero-order valence-corrected chi connectivity index (χ0v) is 10.1. The Morgan fingerprint density at radius 2 is 2.47 bits per heavy atom. The summed E-state index contributed by atoms with van der Waals surface area (Å²) in [7, 11) is 0. The molecule has 1 aromatic heterocycles. The van der Waals surface area contributed by atoms with Gasteiger partial charge in [0.15, 0.2) is 5.82 Å². The lowest BCUT2D eigenvalue weighted by atomic mass is 10.2. The van der Waals surface area contributed by atoms with Gasteiger partial charge in [-0.15, -0.1) is 5.10 Å². The molecule has 94 valence electrons. The molecule has 1 atom stereocenters. The van der Waals surface area contributed by atoms with Crippen LogP contribution in [0.5, 0.6) is 0 Å². The number of hydrogen-bond donors (Lipinski definition) is 1. The molecule has 0 spiro atoms. The quantitative estimate of drug-likeness (QED) is 0.802. The van der Waals surface area contributed by atoms with Crippen molar-refractivity contribution in [3.63, 3.8) is 0 Å². The molecule has 0 bridgehead atoms. The molecule has 0 aliphatic carbocycles. The van der Waals surface area contributed by atoms with Crippen molar-refractivity contribution < 1.29 is 9.53 Å². The molecule has 1 fully saturated rings. The van der Waals surface area contributed by atoms with Crippen molar-refractivity contribution >= 4 is 5.91 Å². The van der Waals surface area contributed by atoms with Gasteiger partial charge in [-0.2, -0.15) is 0 Å². The van der Waals surface area contributed by atoms with Crippen LogP contribution in [-0.2, 0) is 16.1 Å². The molecule has 1 N–H and O–H groups in total. The second-order valence-corrected chi connectivity index (χ2v) is 4.35. The number of hydrogen-bond acceptors (Lipinski definition) is 5. The minimum absolute atomic E-state index is 0.0826. The molecule has 1 aliphatic rings. The van der Waals surface area contributed by atoms with Gasteiger partial charge in [0.25, 0.3) is 0 Å². The lowest BCUT2D eigenvalue weighted by Gasteiger charge is -2.11. The first-order valence-electron chi connectivity index (χ1n) is 5.84. The number of rotatable bonds is 4. The van der Waals surface area contributed by atoms with Crippen LogP contribution < -0.4 is 5.32 Å². The van der Waals surface area contributed by atoms with E-state index in [4.69, 9.17) is 4.74 Å². The fraction of sp³-hybridized carbons (Fsp3) is 0.800.